The number of aromatic nitrogens is 1. The fourth-order valence-corrected chi connectivity index (χ4v) is 1.67. The second kappa shape index (κ2) is 6.70. The number of hydrogen-bond acceptors (Lipinski definition) is 3. The van der Waals surface area contributed by atoms with Gasteiger partial charge in [-0.1, -0.05) is 13.8 Å². The molecular weight excluding hydrogens is 300 g/mol. The van der Waals surface area contributed by atoms with E-state index in [-0.39, 0.29) is 30.5 Å². The number of amides is 1. The van der Waals surface area contributed by atoms with Gasteiger partial charge in [-0.25, -0.2) is 0 Å². The van der Waals surface area contributed by atoms with Gasteiger partial charge in [0.15, 0.2) is 0 Å². The maximum Gasteiger partial charge on any atom is 0.251 e. The van der Waals surface area contributed by atoms with E-state index in [0.717, 1.165) is 4.47 Å². The molecule has 5 nitrogen and oxygen atoms in total. The number of nitrogens with zero attached hydrogens (tertiary/aromatic N) is 1. The van der Waals surface area contributed by atoms with Crippen LogP contribution in [0, 0.1) is 5.92 Å². The number of carbonyl (C=O) groups excluding carboxylic acids is 1. The second-order valence-electron chi connectivity index (χ2n) is 4.43. The number of aliphatic hydroxyl groups is 1. The summed E-state index contributed by atoms with van der Waals surface area (Å²) in [6.07, 6.45) is 0.981. The first-order valence-corrected chi connectivity index (χ1v) is 6.50. The number of rotatable bonds is 5. The van der Waals surface area contributed by atoms with Crippen LogP contribution in [0.2, 0.25) is 0 Å². The normalized spacial score (nSPS) is 12.5. The lowest BCUT2D eigenvalue weighted by Crippen LogP contribution is -2.38. The fourth-order valence-electron chi connectivity index (χ4n) is 1.29. The molecule has 100 valence electrons. The highest BCUT2D eigenvalue weighted by molar-refractivity contribution is 9.10. The van der Waals surface area contributed by atoms with E-state index in [1.54, 1.807) is 12.3 Å². The zero-order chi connectivity index (χ0) is 13.7. The summed E-state index contributed by atoms with van der Waals surface area (Å²) < 4.78 is 2.04. The van der Waals surface area contributed by atoms with Gasteiger partial charge in [0, 0.05) is 23.3 Å². The standard InChI is InChI=1S/C12H17BrN2O3/c1-8(2)10(16)5-14-11(17)7-15-6-9(13)3-4-12(15)18/h3-4,6,8,10,16H,5,7H2,1-2H3,(H,14,17). The van der Waals surface area contributed by atoms with Crippen LogP contribution in [0.3, 0.4) is 0 Å². The summed E-state index contributed by atoms with van der Waals surface area (Å²) in [5, 5.41) is 12.1. The van der Waals surface area contributed by atoms with E-state index >= 15 is 0 Å². The molecule has 0 aliphatic heterocycles. The fraction of sp³-hybridized carbons (Fsp3) is 0.500. The number of aliphatic hydroxyl groups excluding tert-OH is 1. The van der Waals surface area contributed by atoms with Crippen LogP contribution >= 0.6 is 15.9 Å². The van der Waals surface area contributed by atoms with E-state index in [0.29, 0.717) is 0 Å². The smallest absolute Gasteiger partial charge is 0.251 e. The zero-order valence-electron chi connectivity index (χ0n) is 10.4. The highest BCUT2D eigenvalue weighted by Crippen LogP contribution is 2.04. The summed E-state index contributed by atoms with van der Waals surface area (Å²) in [7, 11) is 0. The van der Waals surface area contributed by atoms with Crippen LogP contribution in [0.15, 0.2) is 27.6 Å². The Morgan fingerprint density at radius 3 is 2.78 bits per heavy atom. The van der Waals surface area contributed by atoms with Crippen molar-refractivity contribution in [1.82, 2.24) is 9.88 Å². The molecule has 0 spiro atoms. The van der Waals surface area contributed by atoms with Gasteiger partial charge in [-0.2, -0.15) is 0 Å². The molecule has 0 saturated carbocycles. The Kier molecular flexibility index (Phi) is 5.55. The van der Waals surface area contributed by atoms with Crippen molar-refractivity contribution in [2.75, 3.05) is 6.54 Å². The zero-order valence-corrected chi connectivity index (χ0v) is 12.0. The van der Waals surface area contributed by atoms with E-state index in [9.17, 15) is 14.7 Å². The molecule has 0 fully saturated rings. The minimum absolute atomic E-state index is 0.0525. The second-order valence-corrected chi connectivity index (χ2v) is 5.34. The predicted molar refractivity (Wildman–Crippen MR) is 72.3 cm³/mol. The van der Waals surface area contributed by atoms with Crippen LogP contribution in [0.4, 0.5) is 0 Å². The monoisotopic (exact) mass is 316 g/mol. The molecular formula is C12H17BrN2O3. The highest BCUT2D eigenvalue weighted by atomic mass is 79.9. The minimum Gasteiger partial charge on any atom is -0.391 e. The molecule has 6 heteroatoms. The van der Waals surface area contributed by atoms with Crippen LogP contribution in [-0.2, 0) is 11.3 Å². The molecule has 0 aliphatic carbocycles. The average molecular weight is 317 g/mol. The van der Waals surface area contributed by atoms with E-state index < -0.39 is 6.10 Å². The molecule has 1 unspecified atom stereocenters. The van der Waals surface area contributed by atoms with Gasteiger partial charge in [-0.3, -0.25) is 9.59 Å². The first kappa shape index (κ1) is 14.9. The van der Waals surface area contributed by atoms with Crippen molar-refractivity contribution in [1.29, 1.82) is 0 Å². The molecule has 0 aromatic carbocycles. The molecule has 18 heavy (non-hydrogen) atoms. The van der Waals surface area contributed by atoms with Gasteiger partial charge in [0.1, 0.15) is 6.54 Å². The third-order valence-corrected chi connectivity index (χ3v) is 3.01. The molecule has 1 rings (SSSR count). The molecule has 0 saturated heterocycles. The predicted octanol–water partition coefficient (Wildman–Crippen LogP) is 0.744. The van der Waals surface area contributed by atoms with Crippen molar-refractivity contribution in [3.8, 4) is 0 Å². The third kappa shape index (κ3) is 4.62. The summed E-state index contributed by atoms with van der Waals surface area (Å²) in [6.45, 7) is 3.88. The molecule has 0 radical (unpaired) electrons. The third-order valence-electron chi connectivity index (χ3n) is 2.54. The molecule has 1 amide bonds. The molecule has 2 N–H and O–H groups in total. The maximum absolute atomic E-state index is 11.6. The van der Waals surface area contributed by atoms with Gasteiger partial charge in [0.25, 0.3) is 5.56 Å². The maximum atomic E-state index is 11.6. The summed E-state index contributed by atoms with van der Waals surface area (Å²) in [4.78, 5) is 23.1. The molecule has 1 aromatic rings. The quantitative estimate of drug-likeness (QED) is 0.842. The van der Waals surface area contributed by atoms with Crippen molar-refractivity contribution >= 4 is 21.8 Å². The number of nitrogens with one attached hydrogen (secondary N) is 1. The summed E-state index contributed by atoms with van der Waals surface area (Å²) >= 11 is 3.24. The van der Waals surface area contributed by atoms with Crippen molar-refractivity contribution in [3.05, 3.63) is 33.2 Å². The molecule has 1 aromatic heterocycles. The van der Waals surface area contributed by atoms with Crippen molar-refractivity contribution in [2.45, 2.75) is 26.5 Å². The lowest BCUT2D eigenvalue weighted by molar-refractivity contribution is -0.122. The van der Waals surface area contributed by atoms with Gasteiger partial charge < -0.3 is 15.0 Å². The van der Waals surface area contributed by atoms with Crippen LogP contribution in [0.1, 0.15) is 13.8 Å². The Labute approximate surface area is 114 Å². The van der Waals surface area contributed by atoms with Gasteiger partial charge in [-0.05, 0) is 27.9 Å². The van der Waals surface area contributed by atoms with Crippen LogP contribution in [0.5, 0.6) is 0 Å². The van der Waals surface area contributed by atoms with Crippen molar-refractivity contribution in [2.24, 2.45) is 5.92 Å². The molecule has 0 bridgehead atoms. The van der Waals surface area contributed by atoms with Gasteiger partial charge in [0.05, 0.1) is 6.10 Å². The molecule has 0 aliphatic rings. The Bertz CT molecular complexity index is 471. The number of pyridine rings is 1. The van der Waals surface area contributed by atoms with E-state index in [1.165, 1.54) is 10.6 Å². The Morgan fingerprint density at radius 1 is 1.50 bits per heavy atom. The summed E-state index contributed by atoms with van der Waals surface area (Å²) in [5.41, 5.74) is -0.238. The van der Waals surface area contributed by atoms with Crippen molar-refractivity contribution < 1.29 is 9.90 Å². The topological polar surface area (TPSA) is 71.3 Å². The average Bonchev–Trinajstić information content (AvgIpc) is 2.30. The Hall–Kier alpha value is -1.14. The first-order valence-electron chi connectivity index (χ1n) is 5.71. The van der Waals surface area contributed by atoms with Gasteiger partial charge >= 0.3 is 0 Å². The Balaban J connectivity index is 2.55. The highest BCUT2D eigenvalue weighted by Gasteiger charge is 2.11. The summed E-state index contributed by atoms with van der Waals surface area (Å²) in [6, 6.07) is 3.01. The number of hydrogen-bond donors (Lipinski definition) is 2. The SMILES string of the molecule is CC(C)C(O)CNC(=O)Cn1cc(Br)ccc1=O. The van der Waals surface area contributed by atoms with Crippen LogP contribution in [-0.4, -0.2) is 28.2 Å². The van der Waals surface area contributed by atoms with E-state index in [2.05, 4.69) is 21.2 Å². The van der Waals surface area contributed by atoms with Gasteiger partial charge in [0.2, 0.25) is 5.91 Å². The number of carbonyl (C=O) groups is 1. The minimum atomic E-state index is -0.576. The van der Waals surface area contributed by atoms with Crippen LogP contribution < -0.4 is 10.9 Å². The molecule has 1 atom stereocenters. The molecule has 1 heterocycles. The first-order chi connectivity index (χ1) is 8.40. The summed E-state index contributed by atoms with van der Waals surface area (Å²) in [5.74, 6) is -0.214. The van der Waals surface area contributed by atoms with E-state index in [1.807, 2.05) is 13.8 Å². The Morgan fingerprint density at radius 2 is 2.17 bits per heavy atom. The van der Waals surface area contributed by atoms with Crippen molar-refractivity contribution in [3.63, 3.8) is 0 Å². The number of halogens is 1. The van der Waals surface area contributed by atoms with Crippen LogP contribution in [0.25, 0.3) is 0 Å². The largest absolute Gasteiger partial charge is 0.391 e. The lowest BCUT2D eigenvalue weighted by atomic mass is 10.1. The van der Waals surface area contributed by atoms with E-state index in [4.69, 9.17) is 0 Å². The van der Waals surface area contributed by atoms with Gasteiger partial charge in [-0.15, -0.1) is 0 Å². The lowest BCUT2D eigenvalue weighted by Gasteiger charge is -2.15.